The fraction of sp³-hybridized carbons (Fsp3) is 0.121. The number of nitrogens with zero attached hydrogens (tertiary/aromatic N) is 5. The maximum Gasteiger partial charge on any atom is 0.141 e. The third-order valence-corrected chi connectivity index (χ3v) is 7.38. The van der Waals surface area contributed by atoms with E-state index < -0.39 is 0 Å². The molecular formula is C33H29N5O. The monoisotopic (exact) mass is 511 g/mol. The number of ether oxygens (including phenoxy) is 1. The van der Waals surface area contributed by atoms with Gasteiger partial charge in [-0.25, -0.2) is 4.98 Å². The molecule has 0 atom stereocenters. The molecule has 3 heterocycles. The summed E-state index contributed by atoms with van der Waals surface area (Å²) in [7, 11) is 4.15. The molecule has 0 aliphatic carbocycles. The highest BCUT2D eigenvalue weighted by Gasteiger charge is 2.20. The van der Waals surface area contributed by atoms with Crippen molar-refractivity contribution in [3.8, 4) is 28.7 Å². The highest BCUT2D eigenvalue weighted by molar-refractivity contribution is 6.09. The van der Waals surface area contributed by atoms with Gasteiger partial charge in [-0.2, -0.15) is 0 Å². The number of aromatic nitrogens is 3. The van der Waals surface area contributed by atoms with Crippen LogP contribution in [0.4, 0.5) is 5.69 Å². The van der Waals surface area contributed by atoms with E-state index in [-0.39, 0.29) is 0 Å². The Labute approximate surface area is 227 Å². The summed E-state index contributed by atoms with van der Waals surface area (Å²) >= 11 is 0. The molecule has 1 aliphatic rings. The third kappa shape index (κ3) is 3.92. The van der Waals surface area contributed by atoms with Crippen molar-refractivity contribution in [1.29, 1.82) is 0 Å². The van der Waals surface area contributed by atoms with E-state index in [4.69, 9.17) is 9.72 Å². The molecule has 0 spiro atoms. The lowest BCUT2D eigenvalue weighted by Crippen LogP contribution is -2.21. The van der Waals surface area contributed by atoms with E-state index in [1.165, 1.54) is 21.8 Å². The highest BCUT2D eigenvalue weighted by atomic mass is 16.5. The van der Waals surface area contributed by atoms with Crippen molar-refractivity contribution in [3.05, 3.63) is 115 Å². The molecule has 39 heavy (non-hydrogen) atoms. The van der Waals surface area contributed by atoms with Crippen LogP contribution in [0.15, 0.2) is 109 Å². The van der Waals surface area contributed by atoms with Crippen LogP contribution in [0.3, 0.4) is 0 Å². The van der Waals surface area contributed by atoms with Gasteiger partial charge in [-0.1, -0.05) is 54.6 Å². The Balaban J connectivity index is 1.26. The zero-order valence-corrected chi connectivity index (χ0v) is 22.2. The second-order valence-corrected chi connectivity index (χ2v) is 10.1. The molecule has 0 N–H and O–H groups in total. The standard InChI is InChI=1S/C33H29N5O/c1-23-33(38-30-16-6-4-14-28(30)29-15-5-7-17-31(29)38)36(3)32(34-23)24-10-8-12-26(20-24)39-27-13-9-11-25(21-27)37-19-18-35(2)22-37/h4-21H,22H2,1-3H3. The minimum absolute atomic E-state index is 0.776. The number of benzene rings is 4. The summed E-state index contributed by atoms with van der Waals surface area (Å²) in [6, 6.07) is 33.5. The topological polar surface area (TPSA) is 38.5 Å². The summed E-state index contributed by atoms with van der Waals surface area (Å²) in [5.74, 6) is 3.53. The first kappa shape index (κ1) is 23.2. The molecule has 0 saturated heterocycles. The molecule has 192 valence electrons. The molecule has 6 nitrogen and oxygen atoms in total. The van der Waals surface area contributed by atoms with E-state index in [1.807, 2.05) is 24.3 Å². The number of para-hydroxylation sites is 2. The number of hydrogen-bond acceptors (Lipinski definition) is 4. The maximum absolute atomic E-state index is 6.33. The third-order valence-electron chi connectivity index (χ3n) is 7.38. The van der Waals surface area contributed by atoms with Crippen LogP contribution in [0.5, 0.6) is 11.5 Å². The van der Waals surface area contributed by atoms with Crippen molar-refractivity contribution in [2.45, 2.75) is 6.92 Å². The fourth-order valence-electron chi connectivity index (χ4n) is 5.60. The minimum Gasteiger partial charge on any atom is -0.457 e. The fourth-order valence-corrected chi connectivity index (χ4v) is 5.60. The van der Waals surface area contributed by atoms with Crippen LogP contribution >= 0.6 is 0 Å². The Morgan fingerprint density at radius 3 is 2.08 bits per heavy atom. The summed E-state index contributed by atoms with van der Waals surface area (Å²) < 4.78 is 10.8. The number of imidazole rings is 1. The Kier molecular flexibility index (Phi) is 5.40. The predicted octanol–water partition coefficient (Wildman–Crippen LogP) is 7.47. The number of hydrogen-bond donors (Lipinski definition) is 0. The van der Waals surface area contributed by atoms with Crippen LogP contribution in [-0.4, -0.2) is 32.7 Å². The molecule has 0 saturated carbocycles. The van der Waals surface area contributed by atoms with Gasteiger partial charge >= 0.3 is 0 Å². The van der Waals surface area contributed by atoms with Gasteiger partial charge in [0, 0.05) is 54.6 Å². The predicted molar refractivity (Wildman–Crippen MR) is 158 cm³/mol. The van der Waals surface area contributed by atoms with Gasteiger partial charge in [0.1, 0.15) is 23.1 Å². The van der Waals surface area contributed by atoms with Crippen LogP contribution in [0.1, 0.15) is 5.69 Å². The first-order valence-electron chi connectivity index (χ1n) is 13.1. The van der Waals surface area contributed by atoms with Crippen molar-refractivity contribution in [2.75, 3.05) is 18.6 Å². The molecule has 2 aromatic heterocycles. The van der Waals surface area contributed by atoms with E-state index in [0.717, 1.165) is 46.8 Å². The van der Waals surface area contributed by atoms with Gasteiger partial charge in [0.15, 0.2) is 0 Å². The minimum atomic E-state index is 0.776. The van der Waals surface area contributed by atoms with Crippen molar-refractivity contribution in [2.24, 2.45) is 7.05 Å². The zero-order valence-electron chi connectivity index (χ0n) is 22.2. The molecule has 0 amide bonds. The van der Waals surface area contributed by atoms with Crippen LogP contribution in [0.25, 0.3) is 39.0 Å². The number of aryl methyl sites for hydroxylation is 1. The lowest BCUT2D eigenvalue weighted by Gasteiger charge is -2.19. The van der Waals surface area contributed by atoms with Gasteiger partial charge in [-0.05, 0) is 43.3 Å². The first-order valence-corrected chi connectivity index (χ1v) is 13.1. The van der Waals surface area contributed by atoms with Gasteiger partial charge in [-0.3, -0.25) is 4.57 Å². The van der Waals surface area contributed by atoms with E-state index in [9.17, 15) is 0 Å². The highest BCUT2D eigenvalue weighted by Crippen LogP contribution is 2.35. The molecule has 0 radical (unpaired) electrons. The SMILES string of the molecule is Cc1nc(-c2cccc(Oc3cccc(N4C=CN(C)C4)c3)c2)n(C)c1-n1c2ccccc2c2ccccc21. The van der Waals surface area contributed by atoms with Crippen LogP contribution < -0.4 is 9.64 Å². The van der Waals surface area contributed by atoms with Crippen molar-refractivity contribution >= 4 is 27.5 Å². The second kappa shape index (κ2) is 9.10. The molecule has 1 aliphatic heterocycles. The van der Waals surface area contributed by atoms with Crippen LogP contribution in [-0.2, 0) is 7.05 Å². The van der Waals surface area contributed by atoms with E-state index in [1.54, 1.807) is 0 Å². The Morgan fingerprint density at radius 1 is 0.718 bits per heavy atom. The van der Waals surface area contributed by atoms with Gasteiger partial charge in [0.25, 0.3) is 0 Å². The summed E-state index contributed by atoms with van der Waals surface area (Å²) in [6.07, 6.45) is 4.15. The average Bonchev–Trinajstić information content (AvgIpc) is 3.62. The van der Waals surface area contributed by atoms with Crippen molar-refractivity contribution < 1.29 is 4.74 Å². The molecule has 6 aromatic rings. The van der Waals surface area contributed by atoms with Gasteiger partial charge in [0.2, 0.25) is 0 Å². The van der Waals surface area contributed by atoms with E-state index in [2.05, 4.69) is 125 Å². The van der Waals surface area contributed by atoms with Gasteiger partial charge < -0.3 is 19.1 Å². The van der Waals surface area contributed by atoms with Crippen molar-refractivity contribution in [3.63, 3.8) is 0 Å². The lowest BCUT2D eigenvalue weighted by molar-refractivity contribution is 0.481. The molecule has 0 bridgehead atoms. The molecule has 6 heteroatoms. The summed E-state index contributed by atoms with van der Waals surface area (Å²) in [5, 5.41) is 2.48. The number of anilines is 1. The van der Waals surface area contributed by atoms with Crippen LogP contribution in [0.2, 0.25) is 0 Å². The molecule has 7 rings (SSSR count). The normalized spacial score (nSPS) is 13.2. The molecule has 0 fully saturated rings. The van der Waals surface area contributed by atoms with Gasteiger partial charge in [0.05, 0.1) is 23.4 Å². The second-order valence-electron chi connectivity index (χ2n) is 10.1. The smallest absolute Gasteiger partial charge is 0.141 e. The average molecular weight is 512 g/mol. The number of fused-ring (bicyclic) bond motifs is 3. The summed E-state index contributed by atoms with van der Waals surface area (Å²) in [6.45, 7) is 2.91. The quantitative estimate of drug-likeness (QED) is 0.241. The van der Waals surface area contributed by atoms with Gasteiger partial charge in [-0.15, -0.1) is 0 Å². The Hall–Kier alpha value is -4.97. The molecular weight excluding hydrogens is 482 g/mol. The summed E-state index contributed by atoms with van der Waals surface area (Å²) in [5.41, 5.74) is 5.42. The molecule has 4 aromatic carbocycles. The van der Waals surface area contributed by atoms with E-state index >= 15 is 0 Å². The number of rotatable bonds is 5. The molecule has 0 unspecified atom stereocenters. The van der Waals surface area contributed by atoms with E-state index in [0.29, 0.717) is 0 Å². The van der Waals surface area contributed by atoms with Crippen LogP contribution in [0, 0.1) is 6.92 Å². The Bertz CT molecular complexity index is 1830. The Morgan fingerprint density at radius 2 is 1.38 bits per heavy atom. The zero-order chi connectivity index (χ0) is 26.5. The maximum atomic E-state index is 6.33. The lowest BCUT2D eigenvalue weighted by atomic mass is 10.2. The largest absolute Gasteiger partial charge is 0.457 e. The van der Waals surface area contributed by atoms with Crippen molar-refractivity contribution in [1.82, 2.24) is 19.0 Å². The summed E-state index contributed by atoms with van der Waals surface area (Å²) in [4.78, 5) is 9.37. The first-order chi connectivity index (χ1) is 19.1.